The van der Waals surface area contributed by atoms with Crippen LogP contribution in [0.3, 0.4) is 0 Å². The van der Waals surface area contributed by atoms with Crippen LogP contribution in [-0.4, -0.2) is 49.5 Å². The lowest BCUT2D eigenvalue weighted by Crippen LogP contribution is -2.51. The van der Waals surface area contributed by atoms with Crippen LogP contribution >= 0.6 is 0 Å². The average Bonchev–Trinajstić information content (AvgIpc) is 2.83. The molecule has 2 N–H and O–H groups in total. The summed E-state index contributed by atoms with van der Waals surface area (Å²) in [5.41, 5.74) is 2.80. The number of amides is 2. The van der Waals surface area contributed by atoms with Crippen molar-refractivity contribution >= 4 is 11.8 Å². The Labute approximate surface area is 197 Å². The Morgan fingerprint density at radius 2 is 1.61 bits per heavy atom. The van der Waals surface area contributed by atoms with Crippen LogP contribution in [0.1, 0.15) is 60.6 Å². The van der Waals surface area contributed by atoms with E-state index in [1.165, 1.54) is 19.3 Å². The van der Waals surface area contributed by atoms with Crippen LogP contribution in [-0.2, 0) is 4.79 Å². The monoisotopic (exact) mass is 451 g/mol. The molecule has 2 aromatic rings. The van der Waals surface area contributed by atoms with E-state index < -0.39 is 6.04 Å². The van der Waals surface area contributed by atoms with Crippen molar-refractivity contribution < 1.29 is 14.3 Å². The lowest BCUT2D eigenvalue weighted by atomic mass is 10.00. The molecular formula is C27H37N3O3. The van der Waals surface area contributed by atoms with E-state index >= 15 is 0 Å². The van der Waals surface area contributed by atoms with Crippen molar-refractivity contribution in [2.45, 2.75) is 52.1 Å². The zero-order valence-electron chi connectivity index (χ0n) is 20.3. The third-order valence-electron chi connectivity index (χ3n) is 6.35. The van der Waals surface area contributed by atoms with Crippen molar-refractivity contribution in [3.8, 4) is 5.75 Å². The normalized spacial score (nSPS) is 16.2. The Kier molecular flexibility index (Phi) is 8.89. The Morgan fingerprint density at radius 1 is 0.970 bits per heavy atom. The maximum Gasteiger partial charge on any atom is 0.251 e. The van der Waals surface area contributed by atoms with Crippen LogP contribution in [0.15, 0.2) is 48.5 Å². The zero-order valence-corrected chi connectivity index (χ0v) is 20.3. The SMILES string of the molecule is COc1ccc([C@H](CNC(=O)[C@H](NC(=O)c2ccc(C)cc2)C(C)C)N2CCCCC2)cc1. The number of likely N-dealkylation sites (tertiary alicyclic amines) is 1. The van der Waals surface area contributed by atoms with Gasteiger partial charge in [0.1, 0.15) is 11.8 Å². The summed E-state index contributed by atoms with van der Waals surface area (Å²) in [6.45, 7) is 8.41. The molecule has 6 nitrogen and oxygen atoms in total. The molecule has 0 unspecified atom stereocenters. The zero-order chi connectivity index (χ0) is 23.8. The molecule has 0 radical (unpaired) electrons. The van der Waals surface area contributed by atoms with Gasteiger partial charge in [-0.2, -0.15) is 0 Å². The van der Waals surface area contributed by atoms with Crippen molar-refractivity contribution in [3.05, 3.63) is 65.2 Å². The highest BCUT2D eigenvalue weighted by Crippen LogP contribution is 2.26. The average molecular weight is 452 g/mol. The van der Waals surface area contributed by atoms with E-state index in [1.807, 2.05) is 45.0 Å². The fraction of sp³-hybridized carbons (Fsp3) is 0.481. The number of nitrogens with one attached hydrogen (secondary N) is 2. The summed E-state index contributed by atoms with van der Waals surface area (Å²) in [6, 6.07) is 14.9. The summed E-state index contributed by atoms with van der Waals surface area (Å²) >= 11 is 0. The van der Waals surface area contributed by atoms with Gasteiger partial charge in [-0.05, 0) is 68.6 Å². The van der Waals surface area contributed by atoms with Gasteiger partial charge in [0, 0.05) is 12.1 Å². The molecule has 0 aliphatic carbocycles. The fourth-order valence-electron chi connectivity index (χ4n) is 4.29. The number of hydrogen-bond donors (Lipinski definition) is 2. The standard InChI is InChI=1S/C27H37N3O3/c1-19(2)25(29-26(31)22-10-8-20(3)9-11-22)27(32)28-18-24(30-16-6-5-7-17-30)21-12-14-23(33-4)15-13-21/h8-15,19,24-25H,5-7,16-18H2,1-4H3,(H,28,32)(H,29,31)/t24-,25+/m0/s1. The number of aryl methyl sites for hydroxylation is 1. The third kappa shape index (κ3) is 6.81. The van der Waals surface area contributed by atoms with Crippen molar-refractivity contribution in [3.63, 3.8) is 0 Å². The molecule has 6 heteroatoms. The Morgan fingerprint density at radius 3 is 2.18 bits per heavy atom. The van der Waals surface area contributed by atoms with Crippen LogP contribution in [0, 0.1) is 12.8 Å². The van der Waals surface area contributed by atoms with Crippen LogP contribution < -0.4 is 15.4 Å². The topological polar surface area (TPSA) is 70.7 Å². The van der Waals surface area contributed by atoms with Gasteiger partial charge in [0.2, 0.25) is 5.91 Å². The Hall–Kier alpha value is -2.86. The first-order valence-corrected chi connectivity index (χ1v) is 11.9. The fourth-order valence-corrected chi connectivity index (χ4v) is 4.29. The molecule has 178 valence electrons. The van der Waals surface area contributed by atoms with E-state index in [0.717, 1.165) is 30.0 Å². The molecule has 2 amide bonds. The number of piperidine rings is 1. The predicted molar refractivity (Wildman–Crippen MR) is 131 cm³/mol. The molecule has 0 spiro atoms. The molecule has 2 atom stereocenters. The highest BCUT2D eigenvalue weighted by atomic mass is 16.5. The molecule has 2 aromatic carbocycles. The number of benzene rings is 2. The van der Waals surface area contributed by atoms with Crippen molar-refractivity contribution in [2.24, 2.45) is 5.92 Å². The predicted octanol–water partition coefficient (Wildman–Crippen LogP) is 4.10. The minimum Gasteiger partial charge on any atom is -0.497 e. The molecule has 0 bridgehead atoms. The summed E-state index contributed by atoms with van der Waals surface area (Å²) in [4.78, 5) is 28.3. The second-order valence-electron chi connectivity index (χ2n) is 9.19. The number of nitrogens with zero attached hydrogens (tertiary/aromatic N) is 1. The molecule has 1 aliphatic heterocycles. The maximum atomic E-state index is 13.2. The lowest BCUT2D eigenvalue weighted by molar-refractivity contribution is -0.124. The first kappa shape index (κ1) is 24.8. The number of ether oxygens (including phenoxy) is 1. The minimum atomic E-state index is -0.600. The largest absolute Gasteiger partial charge is 0.497 e. The highest BCUT2D eigenvalue weighted by molar-refractivity contribution is 5.97. The molecular weight excluding hydrogens is 414 g/mol. The second-order valence-corrected chi connectivity index (χ2v) is 9.19. The van der Waals surface area contributed by atoms with Crippen LogP contribution in [0.5, 0.6) is 5.75 Å². The maximum absolute atomic E-state index is 13.2. The number of carbonyl (C=O) groups excluding carboxylic acids is 2. The first-order valence-electron chi connectivity index (χ1n) is 11.9. The molecule has 33 heavy (non-hydrogen) atoms. The van der Waals surface area contributed by atoms with Crippen LogP contribution in [0.2, 0.25) is 0 Å². The minimum absolute atomic E-state index is 0.0335. The third-order valence-corrected chi connectivity index (χ3v) is 6.35. The molecule has 1 heterocycles. The number of methoxy groups -OCH3 is 1. The van der Waals surface area contributed by atoms with Gasteiger partial charge in [-0.3, -0.25) is 14.5 Å². The van der Waals surface area contributed by atoms with Crippen LogP contribution in [0.25, 0.3) is 0 Å². The molecule has 0 saturated carbocycles. The van der Waals surface area contributed by atoms with E-state index in [1.54, 1.807) is 19.2 Å². The van der Waals surface area contributed by atoms with Gasteiger partial charge >= 0.3 is 0 Å². The summed E-state index contributed by atoms with van der Waals surface area (Å²) < 4.78 is 5.31. The van der Waals surface area contributed by atoms with Gasteiger partial charge in [0.15, 0.2) is 0 Å². The number of carbonyl (C=O) groups is 2. The van der Waals surface area contributed by atoms with Gasteiger partial charge < -0.3 is 15.4 Å². The first-order chi connectivity index (χ1) is 15.9. The molecule has 3 rings (SSSR count). The number of hydrogen-bond acceptors (Lipinski definition) is 4. The van der Waals surface area contributed by atoms with Crippen molar-refractivity contribution in [2.75, 3.05) is 26.7 Å². The van der Waals surface area contributed by atoms with E-state index in [0.29, 0.717) is 12.1 Å². The molecule has 1 fully saturated rings. The lowest BCUT2D eigenvalue weighted by Gasteiger charge is -2.35. The summed E-state index contributed by atoms with van der Waals surface area (Å²) in [7, 11) is 1.66. The van der Waals surface area contributed by atoms with E-state index in [9.17, 15) is 9.59 Å². The van der Waals surface area contributed by atoms with Gasteiger partial charge in [-0.25, -0.2) is 0 Å². The van der Waals surface area contributed by atoms with Crippen LogP contribution in [0.4, 0.5) is 0 Å². The van der Waals surface area contributed by atoms with Gasteiger partial charge in [-0.1, -0.05) is 50.1 Å². The smallest absolute Gasteiger partial charge is 0.251 e. The summed E-state index contributed by atoms with van der Waals surface area (Å²) in [5.74, 6) is 0.403. The van der Waals surface area contributed by atoms with E-state index in [2.05, 4.69) is 27.7 Å². The summed E-state index contributed by atoms with van der Waals surface area (Å²) in [5, 5.41) is 6.06. The van der Waals surface area contributed by atoms with Gasteiger partial charge in [-0.15, -0.1) is 0 Å². The number of rotatable bonds is 9. The quantitative estimate of drug-likeness (QED) is 0.602. The van der Waals surface area contributed by atoms with Crippen molar-refractivity contribution in [1.29, 1.82) is 0 Å². The van der Waals surface area contributed by atoms with Gasteiger partial charge in [0.25, 0.3) is 5.91 Å². The Bertz CT molecular complexity index is 903. The van der Waals surface area contributed by atoms with Crippen molar-refractivity contribution in [1.82, 2.24) is 15.5 Å². The molecule has 0 aromatic heterocycles. The molecule has 1 saturated heterocycles. The highest BCUT2D eigenvalue weighted by Gasteiger charge is 2.27. The summed E-state index contributed by atoms with van der Waals surface area (Å²) in [6.07, 6.45) is 3.59. The van der Waals surface area contributed by atoms with E-state index in [-0.39, 0.29) is 23.8 Å². The second kappa shape index (κ2) is 11.8. The molecule has 1 aliphatic rings. The van der Waals surface area contributed by atoms with Gasteiger partial charge in [0.05, 0.1) is 13.2 Å². The van der Waals surface area contributed by atoms with E-state index in [4.69, 9.17) is 4.74 Å². The Balaban J connectivity index is 1.69.